The number of anilines is 1. The number of benzene rings is 1. The molecule has 0 bridgehead atoms. The van der Waals surface area contributed by atoms with Crippen molar-refractivity contribution in [1.29, 1.82) is 0 Å². The van der Waals surface area contributed by atoms with E-state index < -0.39 is 11.8 Å². The maximum atomic E-state index is 13.6. The summed E-state index contributed by atoms with van der Waals surface area (Å²) in [4.78, 5) is 18.1. The number of carbonyl (C=O) groups is 1. The molecule has 2 aromatic rings. The van der Waals surface area contributed by atoms with Gasteiger partial charge in [0.05, 0.1) is 5.69 Å². The van der Waals surface area contributed by atoms with Crippen LogP contribution in [0.25, 0.3) is 0 Å². The highest BCUT2D eigenvalue weighted by atomic mass is 35.5. The van der Waals surface area contributed by atoms with Gasteiger partial charge in [-0.3, -0.25) is 0 Å². The second-order valence-corrected chi connectivity index (χ2v) is 3.80. The second-order valence-electron chi connectivity index (χ2n) is 3.41. The standard InChI is InChI=1S/C11H8ClFN4O2/c12-9-4-10(16-5-15-9)19-6-1-2-8(7(13)3-6)17-11(14)18/h1-5H,(H3,14,17,18). The highest BCUT2D eigenvalue weighted by Gasteiger charge is 2.07. The molecule has 0 fully saturated rings. The maximum absolute atomic E-state index is 13.6. The number of primary amides is 1. The summed E-state index contributed by atoms with van der Waals surface area (Å²) in [7, 11) is 0. The fourth-order valence-corrected chi connectivity index (χ4v) is 1.42. The third-order valence-electron chi connectivity index (χ3n) is 2.03. The van der Waals surface area contributed by atoms with Crippen molar-refractivity contribution in [2.24, 2.45) is 5.73 Å². The van der Waals surface area contributed by atoms with Crippen LogP contribution in [0, 0.1) is 5.82 Å². The zero-order chi connectivity index (χ0) is 13.8. The second kappa shape index (κ2) is 5.49. The molecule has 1 heterocycles. The Balaban J connectivity index is 2.18. The zero-order valence-corrected chi connectivity index (χ0v) is 10.2. The van der Waals surface area contributed by atoms with Crippen LogP contribution in [0.15, 0.2) is 30.6 Å². The minimum absolute atomic E-state index is 0.0411. The van der Waals surface area contributed by atoms with Gasteiger partial charge in [-0.05, 0) is 12.1 Å². The van der Waals surface area contributed by atoms with Crippen molar-refractivity contribution in [2.75, 3.05) is 5.32 Å². The first-order chi connectivity index (χ1) is 9.04. The minimum Gasteiger partial charge on any atom is -0.439 e. The number of carbonyl (C=O) groups excluding carboxylic acids is 1. The van der Waals surface area contributed by atoms with Gasteiger partial charge in [-0.15, -0.1) is 0 Å². The van der Waals surface area contributed by atoms with Crippen LogP contribution in [-0.4, -0.2) is 16.0 Å². The molecule has 0 atom stereocenters. The molecule has 0 aliphatic heterocycles. The zero-order valence-electron chi connectivity index (χ0n) is 9.43. The van der Waals surface area contributed by atoms with Gasteiger partial charge in [0, 0.05) is 12.1 Å². The Bertz CT molecular complexity index is 623. The number of urea groups is 1. The fourth-order valence-electron chi connectivity index (χ4n) is 1.29. The van der Waals surface area contributed by atoms with Crippen molar-refractivity contribution in [3.05, 3.63) is 41.6 Å². The van der Waals surface area contributed by atoms with E-state index in [-0.39, 0.29) is 22.5 Å². The predicted octanol–water partition coefficient (Wildman–Crippen LogP) is 2.55. The molecule has 0 unspecified atom stereocenters. The summed E-state index contributed by atoms with van der Waals surface area (Å²) in [5, 5.41) is 2.34. The molecule has 0 spiro atoms. The topological polar surface area (TPSA) is 90.1 Å². The van der Waals surface area contributed by atoms with Crippen molar-refractivity contribution < 1.29 is 13.9 Å². The van der Waals surface area contributed by atoms with E-state index in [9.17, 15) is 9.18 Å². The molecule has 19 heavy (non-hydrogen) atoms. The highest BCUT2D eigenvalue weighted by molar-refractivity contribution is 6.29. The molecule has 8 heteroatoms. The summed E-state index contributed by atoms with van der Waals surface area (Å²) >= 11 is 5.66. The van der Waals surface area contributed by atoms with Gasteiger partial charge >= 0.3 is 6.03 Å². The lowest BCUT2D eigenvalue weighted by molar-refractivity contribution is 0.259. The Labute approximate surface area is 112 Å². The van der Waals surface area contributed by atoms with E-state index in [2.05, 4.69) is 15.3 Å². The number of ether oxygens (including phenoxy) is 1. The number of hydrogen-bond donors (Lipinski definition) is 2. The Kier molecular flexibility index (Phi) is 3.76. The van der Waals surface area contributed by atoms with E-state index in [1.807, 2.05) is 0 Å². The molecule has 0 saturated carbocycles. The van der Waals surface area contributed by atoms with Gasteiger partial charge in [-0.1, -0.05) is 11.6 Å². The van der Waals surface area contributed by atoms with Crippen LogP contribution in [0.5, 0.6) is 11.6 Å². The largest absolute Gasteiger partial charge is 0.439 e. The van der Waals surface area contributed by atoms with Crippen LogP contribution < -0.4 is 15.8 Å². The van der Waals surface area contributed by atoms with E-state index in [4.69, 9.17) is 22.1 Å². The number of amides is 2. The van der Waals surface area contributed by atoms with Crippen molar-refractivity contribution in [1.82, 2.24) is 9.97 Å². The summed E-state index contributed by atoms with van der Waals surface area (Å²) in [6.45, 7) is 0. The van der Waals surface area contributed by atoms with Crippen LogP contribution in [-0.2, 0) is 0 Å². The SMILES string of the molecule is NC(=O)Nc1ccc(Oc2cc(Cl)ncn2)cc1F. The van der Waals surface area contributed by atoms with Gasteiger partial charge < -0.3 is 15.8 Å². The Hall–Kier alpha value is -2.41. The first kappa shape index (κ1) is 13.0. The van der Waals surface area contributed by atoms with E-state index in [1.54, 1.807) is 0 Å². The van der Waals surface area contributed by atoms with Crippen LogP contribution in [0.1, 0.15) is 0 Å². The number of nitrogens with one attached hydrogen (secondary N) is 1. The molecule has 0 saturated heterocycles. The van der Waals surface area contributed by atoms with Crippen molar-refractivity contribution in [2.45, 2.75) is 0 Å². The van der Waals surface area contributed by atoms with E-state index in [1.165, 1.54) is 24.5 Å². The normalized spacial score (nSPS) is 10.0. The van der Waals surface area contributed by atoms with Crippen molar-refractivity contribution >= 4 is 23.3 Å². The number of rotatable bonds is 3. The molecule has 0 radical (unpaired) electrons. The lowest BCUT2D eigenvalue weighted by Gasteiger charge is -2.07. The summed E-state index contributed by atoms with van der Waals surface area (Å²) in [5.41, 5.74) is 4.85. The smallest absolute Gasteiger partial charge is 0.316 e. The molecule has 1 aromatic carbocycles. The van der Waals surface area contributed by atoms with Crippen molar-refractivity contribution in [3.8, 4) is 11.6 Å². The number of halogens is 2. The molecule has 0 aliphatic carbocycles. The lowest BCUT2D eigenvalue weighted by atomic mass is 10.3. The van der Waals surface area contributed by atoms with Crippen LogP contribution in [0.2, 0.25) is 5.15 Å². The van der Waals surface area contributed by atoms with Gasteiger partial charge in [0.15, 0.2) is 0 Å². The average molecular weight is 283 g/mol. The molecule has 2 rings (SSSR count). The summed E-state index contributed by atoms with van der Waals surface area (Å²) in [6, 6.07) is 4.38. The maximum Gasteiger partial charge on any atom is 0.316 e. The third kappa shape index (κ3) is 3.52. The van der Waals surface area contributed by atoms with Gasteiger partial charge in [0.25, 0.3) is 0 Å². The lowest BCUT2D eigenvalue weighted by Crippen LogP contribution is -2.19. The average Bonchev–Trinajstić information content (AvgIpc) is 2.32. The minimum atomic E-state index is -0.852. The van der Waals surface area contributed by atoms with Crippen molar-refractivity contribution in [3.63, 3.8) is 0 Å². The monoisotopic (exact) mass is 282 g/mol. The van der Waals surface area contributed by atoms with Crippen LogP contribution in [0.3, 0.4) is 0 Å². The summed E-state index contributed by atoms with van der Waals surface area (Å²) in [5.74, 6) is -0.311. The molecule has 3 N–H and O–H groups in total. The van der Waals surface area contributed by atoms with E-state index in [0.717, 1.165) is 6.07 Å². The van der Waals surface area contributed by atoms with E-state index >= 15 is 0 Å². The fraction of sp³-hybridized carbons (Fsp3) is 0. The molecule has 98 valence electrons. The first-order valence-electron chi connectivity index (χ1n) is 5.06. The Morgan fingerprint density at radius 1 is 1.37 bits per heavy atom. The van der Waals surface area contributed by atoms with Gasteiger partial charge in [-0.2, -0.15) is 0 Å². The highest BCUT2D eigenvalue weighted by Crippen LogP contribution is 2.25. The van der Waals surface area contributed by atoms with Gasteiger partial charge in [-0.25, -0.2) is 19.2 Å². The third-order valence-corrected chi connectivity index (χ3v) is 2.24. The number of nitrogens with zero attached hydrogens (tertiary/aromatic N) is 2. The summed E-state index contributed by atoms with van der Waals surface area (Å²) < 4.78 is 18.9. The van der Waals surface area contributed by atoms with E-state index in [0.29, 0.717) is 0 Å². The number of nitrogens with two attached hydrogens (primary N) is 1. The quantitative estimate of drug-likeness (QED) is 0.847. The number of aromatic nitrogens is 2. The van der Waals surface area contributed by atoms with Gasteiger partial charge in [0.2, 0.25) is 5.88 Å². The van der Waals surface area contributed by atoms with Crippen LogP contribution >= 0.6 is 11.6 Å². The molecule has 1 aromatic heterocycles. The molecule has 2 amide bonds. The number of hydrogen-bond acceptors (Lipinski definition) is 4. The van der Waals surface area contributed by atoms with Gasteiger partial charge in [0.1, 0.15) is 23.0 Å². The molecule has 6 nitrogen and oxygen atoms in total. The first-order valence-corrected chi connectivity index (χ1v) is 5.44. The molecular formula is C11H8ClFN4O2. The molecule has 0 aliphatic rings. The summed E-state index contributed by atoms with van der Waals surface area (Å²) in [6.07, 6.45) is 1.22. The Morgan fingerprint density at radius 2 is 2.16 bits per heavy atom. The Morgan fingerprint density at radius 3 is 2.79 bits per heavy atom. The predicted molar refractivity (Wildman–Crippen MR) is 66.7 cm³/mol. The van der Waals surface area contributed by atoms with Crippen LogP contribution in [0.4, 0.5) is 14.9 Å². The molecular weight excluding hydrogens is 275 g/mol.